The van der Waals surface area contributed by atoms with E-state index in [1.807, 2.05) is 84.9 Å². The summed E-state index contributed by atoms with van der Waals surface area (Å²) in [5, 5.41) is 4.99. The molecule has 0 aliphatic rings. The van der Waals surface area contributed by atoms with Gasteiger partial charge in [0.1, 0.15) is 17.2 Å². The number of nitrogens with zero attached hydrogens (tertiary/aromatic N) is 1. The summed E-state index contributed by atoms with van der Waals surface area (Å²) in [6.07, 6.45) is 0. The fourth-order valence-electron chi connectivity index (χ4n) is 2.75. The summed E-state index contributed by atoms with van der Waals surface area (Å²) in [6, 6.07) is 27.9. The van der Waals surface area contributed by atoms with Gasteiger partial charge in [0.05, 0.1) is 7.11 Å². The van der Waals surface area contributed by atoms with Crippen molar-refractivity contribution in [1.82, 2.24) is 4.98 Å². The molecule has 3 aromatic carbocycles. The molecule has 1 heterocycles. The van der Waals surface area contributed by atoms with E-state index in [0.29, 0.717) is 6.54 Å². The molecule has 4 nitrogen and oxygen atoms in total. The van der Waals surface area contributed by atoms with E-state index in [-0.39, 0.29) is 0 Å². The first kappa shape index (κ1) is 18.1. The third-order valence-electron chi connectivity index (χ3n) is 4.20. The van der Waals surface area contributed by atoms with Gasteiger partial charge in [0, 0.05) is 12.1 Å². The minimum Gasteiger partial charge on any atom is -0.497 e. The summed E-state index contributed by atoms with van der Waals surface area (Å²) < 4.78 is 11.3. The number of ether oxygens (including phenoxy) is 2. The average molecular weight is 388 g/mol. The predicted molar refractivity (Wildman–Crippen MR) is 114 cm³/mol. The summed E-state index contributed by atoms with van der Waals surface area (Å²) in [4.78, 5) is 4.78. The Morgan fingerprint density at radius 3 is 2.18 bits per heavy atom. The molecule has 5 heteroatoms. The highest BCUT2D eigenvalue weighted by molar-refractivity contribution is 7.17. The first-order valence-corrected chi connectivity index (χ1v) is 9.79. The summed E-state index contributed by atoms with van der Waals surface area (Å²) in [5.74, 6) is 1.65. The molecule has 0 aliphatic heterocycles. The van der Waals surface area contributed by atoms with Gasteiger partial charge in [0.25, 0.3) is 0 Å². The summed E-state index contributed by atoms with van der Waals surface area (Å²) in [7, 11) is 1.67. The van der Waals surface area contributed by atoms with Crippen molar-refractivity contribution in [3.05, 3.63) is 90.5 Å². The van der Waals surface area contributed by atoms with E-state index in [1.54, 1.807) is 7.11 Å². The van der Waals surface area contributed by atoms with Gasteiger partial charge >= 0.3 is 0 Å². The number of rotatable bonds is 7. The van der Waals surface area contributed by atoms with E-state index in [4.69, 9.17) is 14.5 Å². The van der Waals surface area contributed by atoms with E-state index in [9.17, 15) is 0 Å². The normalized spacial score (nSPS) is 10.5. The molecule has 4 aromatic rings. The molecular formula is C23H20N2O2S. The van der Waals surface area contributed by atoms with E-state index >= 15 is 0 Å². The lowest BCUT2D eigenvalue weighted by molar-refractivity contribution is 0.414. The molecule has 28 heavy (non-hydrogen) atoms. The van der Waals surface area contributed by atoms with Crippen LogP contribution in [0.4, 0.5) is 5.13 Å². The first-order valence-electron chi connectivity index (χ1n) is 8.98. The Morgan fingerprint density at radius 2 is 1.50 bits per heavy atom. The van der Waals surface area contributed by atoms with Crippen LogP contribution in [0.15, 0.2) is 84.9 Å². The molecule has 0 saturated heterocycles. The zero-order chi connectivity index (χ0) is 19.2. The molecule has 1 aromatic heterocycles. The van der Waals surface area contributed by atoms with E-state index in [2.05, 4.69) is 5.32 Å². The Morgan fingerprint density at radius 1 is 0.821 bits per heavy atom. The fourth-order valence-corrected chi connectivity index (χ4v) is 3.60. The van der Waals surface area contributed by atoms with Crippen molar-refractivity contribution in [2.24, 2.45) is 0 Å². The van der Waals surface area contributed by atoms with Crippen LogP contribution in [0.5, 0.6) is 16.6 Å². The lowest BCUT2D eigenvalue weighted by Gasteiger charge is -2.04. The maximum atomic E-state index is 6.13. The molecule has 0 aliphatic carbocycles. The van der Waals surface area contributed by atoms with Crippen LogP contribution in [0.1, 0.15) is 5.56 Å². The zero-order valence-corrected chi connectivity index (χ0v) is 16.3. The van der Waals surface area contributed by atoms with Crippen molar-refractivity contribution in [1.29, 1.82) is 0 Å². The molecule has 0 bridgehead atoms. The Bertz CT molecular complexity index is 1020. The molecule has 1 N–H and O–H groups in total. The monoisotopic (exact) mass is 388 g/mol. The second kappa shape index (κ2) is 8.59. The van der Waals surface area contributed by atoms with Gasteiger partial charge in [-0.3, -0.25) is 0 Å². The van der Waals surface area contributed by atoms with Gasteiger partial charge < -0.3 is 14.8 Å². The molecule has 0 unspecified atom stereocenters. The van der Waals surface area contributed by atoms with Crippen LogP contribution in [0.3, 0.4) is 0 Å². The third-order valence-corrected chi connectivity index (χ3v) is 5.09. The van der Waals surface area contributed by atoms with Crippen LogP contribution in [-0.2, 0) is 6.54 Å². The molecule has 0 fully saturated rings. The zero-order valence-electron chi connectivity index (χ0n) is 15.5. The lowest BCUT2D eigenvalue weighted by atomic mass is 10.2. The number of methoxy groups -OCH3 is 1. The molecule has 0 saturated carbocycles. The number of para-hydroxylation sites is 1. The van der Waals surface area contributed by atoms with Crippen molar-refractivity contribution >= 4 is 16.5 Å². The highest BCUT2D eigenvalue weighted by Gasteiger charge is 2.15. The van der Waals surface area contributed by atoms with Crippen molar-refractivity contribution in [3.8, 4) is 27.8 Å². The van der Waals surface area contributed by atoms with Gasteiger partial charge in [-0.1, -0.05) is 72.0 Å². The molecule has 0 spiro atoms. The largest absolute Gasteiger partial charge is 0.497 e. The van der Waals surface area contributed by atoms with Gasteiger partial charge in [-0.25, -0.2) is 4.98 Å². The average Bonchev–Trinajstić information content (AvgIpc) is 3.16. The lowest BCUT2D eigenvalue weighted by Crippen LogP contribution is -1.98. The predicted octanol–water partition coefficient (Wildman–Crippen LogP) is 6.22. The van der Waals surface area contributed by atoms with E-state index in [1.165, 1.54) is 11.3 Å². The molecule has 140 valence electrons. The Hall–Kier alpha value is -3.31. The highest BCUT2D eigenvalue weighted by Crippen LogP contribution is 2.40. The van der Waals surface area contributed by atoms with Gasteiger partial charge in [-0.2, -0.15) is 0 Å². The summed E-state index contributed by atoms with van der Waals surface area (Å²) >= 11 is 1.51. The molecular weight excluding hydrogens is 368 g/mol. The Labute approximate surface area is 168 Å². The fraction of sp³-hybridized carbons (Fsp3) is 0.0870. The number of hydrogen-bond acceptors (Lipinski definition) is 5. The number of nitrogens with one attached hydrogen (secondary N) is 1. The minimum atomic E-state index is 0.677. The van der Waals surface area contributed by atoms with Crippen LogP contribution >= 0.6 is 11.3 Å². The van der Waals surface area contributed by atoms with Crippen LogP contribution in [0.2, 0.25) is 0 Å². The summed E-state index contributed by atoms with van der Waals surface area (Å²) in [6.45, 7) is 0.677. The molecule has 4 rings (SSSR count). The minimum absolute atomic E-state index is 0.677. The number of hydrogen-bond donors (Lipinski definition) is 1. The highest BCUT2D eigenvalue weighted by atomic mass is 32.1. The van der Waals surface area contributed by atoms with Crippen molar-refractivity contribution in [3.63, 3.8) is 0 Å². The number of thiazole rings is 1. The van der Waals surface area contributed by atoms with Crippen LogP contribution in [-0.4, -0.2) is 12.1 Å². The maximum absolute atomic E-state index is 6.13. The first-order chi connectivity index (χ1) is 13.8. The van der Waals surface area contributed by atoms with Crippen LogP contribution < -0.4 is 14.8 Å². The number of anilines is 1. The van der Waals surface area contributed by atoms with Crippen molar-refractivity contribution < 1.29 is 9.47 Å². The third kappa shape index (κ3) is 4.32. The van der Waals surface area contributed by atoms with Gasteiger partial charge in [-0.15, -0.1) is 0 Å². The van der Waals surface area contributed by atoms with E-state index < -0.39 is 0 Å². The number of aromatic nitrogens is 1. The van der Waals surface area contributed by atoms with E-state index in [0.717, 1.165) is 38.5 Å². The number of benzene rings is 3. The topological polar surface area (TPSA) is 43.4 Å². The second-order valence-electron chi connectivity index (χ2n) is 6.14. The summed E-state index contributed by atoms with van der Waals surface area (Å²) in [5.41, 5.74) is 3.02. The smallest absolute Gasteiger partial charge is 0.210 e. The van der Waals surface area contributed by atoms with Gasteiger partial charge in [-0.05, 0) is 29.8 Å². The van der Waals surface area contributed by atoms with Gasteiger partial charge in [0.2, 0.25) is 5.06 Å². The molecule has 0 atom stereocenters. The SMILES string of the molecule is COc1ccc(CNc2nc(-c3ccccc3)c(Oc3ccccc3)s2)cc1. The van der Waals surface area contributed by atoms with Crippen molar-refractivity contribution in [2.45, 2.75) is 6.54 Å². The van der Waals surface area contributed by atoms with Crippen LogP contribution in [0.25, 0.3) is 11.3 Å². The molecule has 0 radical (unpaired) electrons. The maximum Gasteiger partial charge on any atom is 0.210 e. The van der Waals surface area contributed by atoms with Crippen LogP contribution in [0, 0.1) is 0 Å². The van der Waals surface area contributed by atoms with Gasteiger partial charge in [0.15, 0.2) is 5.13 Å². The van der Waals surface area contributed by atoms with Crippen molar-refractivity contribution in [2.75, 3.05) is 12.4 Å². The Kier molecular flexibility index (Phi) is 5.54. The molecule has 0 amide bonds. The second-order valence-corrected chi connectivity index (χ2v) is 7.10. The quantitative estimate of drug-likeness (QED) is 0.408. The standard InChI is InChI=1S/C23H20N2O2S/c1-26-19-14-12-17(13-15-19)16-24-23-25-21(18-8-4-2-5-9-18)22(28-23)27-20-10-6-3-7-11-20/h2-15H,16H2,1H3,(H,24,25). The Balaban J connectivity index is 1.57.